The first-order valence-electron chi connectivity index (χ1n) is 5.57. The summed E-state index contributed by atoms with van der Waals surface area (Å²) in [6, 6.07) is 8.23. The summed E-state index contributed by atoms with van der Waals surface area (Å²) in [4.78, 5) is 10.1. The van der Waals surface area contributed by atoms with E-state index in [1.54, 1.807) is 12.1 Å². The number of rotatable bonds is 1. The molecule has 1 aromatic carbocycles. The summed E-state index contributed by atoms with van der Waals surface area (Å²) in [5.74, 6) is 0.162. The van der Waals surface area contributed by atoms with Crippen molar-refractivity contribution < 1.29 is 4.39 Å². The third kappa shape index (κ3) is 1.68. The lowest BCUT2D eigenvalue weighted by Crippen LogP contribution is -2.16. The highest BCUT2D eigenvalue weighted by atomic mass is 19.1. The topological polar surface area (TPSA) is 52.8 Å². The number of nitriles is 1. The van der Waals surface area contributed by atoms with Crippen LogP contribution in [0.1, 0.15) is 11.3 Å². The van der Waals surface area contributed by atoms with Gasteiger partial charge in [-0.25, -0.2) is 14.4 Å². The van der Waals surface area contributed by atoms with Crippen molar-refractivity contribution >= 4 is 11.6 Å². The summed E-state index contributed by atoms with van der Waals surface area (Å²) in [5, 5.41) is 8.83. The van der Waals surface area contributed by atoms with Crippen LogP contribution in [-0.2, 0) is 6.42 Å². The highest BCUT2D eigenvalue weighted by molar-refractivity contribution is 5.65. The molecule has 0 N–H and O–H groups in total. The maximum absolute atomic E-state index is 13.3. The molecule has 0 radical (unpaired) electrons. The van der Waals surface area contributed by atoms with E-state index in [1.165, 1.54) is 18.3 Å². The molecule has 0 atom stereocenters. The van der Waals surface area contributed by atoms with E-state index in [2.05, 4.69) is 9.97 Å². The zero-order valence-corrected chi connectivity index (χ0v) is 9.47. The molecule has 0 saturated carbocycles. The van der Waals surface area contributed by atoms with Gasteiger partial charge in [0.2, 0.25) is 5.95 Å². The van der Waals surface area contributed by atoms with Gasteiger partial charge in [0, 0.05) is 12.7 Å². The Kier molecular flexibility index (Phi) is 2.41. The molecular weight excluding hydrogens is 231 g/mol. The van der Waals surface area contributed by atoms with Crippen molar-refractivity contribution in [1.82, 2.24) is 9.97 Å². The molecule has 1 aliphatic rings. The lowest BCUT2D eigenvalue weighted by atomic mass is 10.2. The molecule has 3 rings (SSSR count). The van der Waals surface area contributed by atoms with Gasteiger partial charge in [-0.05, 0) is 30.2 Å². The molecule has 0 unspecified atom stereocenters. The van der Waals surface area contributed by atoms with Crippen molar-refractivity contribution in [1.29, 1.82) is 5.26 Å². The predicted molar refractivity (Wildman–Crippen MR) is 63.9 cm³/mol. The van der Waals surface area contributed by atoms with Crippen molar-refractivity contribution in [3.8, 4) is 6.07 Å². The number of hydrogen-bond acceptors (Lipinski definition) is 4. The normalized spacial score (nSPS) is 13.2. The largest absolute Gasteiger partial charge is 0.310 e. The molecule has 2 aromatic rings. The van der Waals surface area contributed by atoms with E-state index < -0.39 is 0 Å². The third-order valence-corrected chi connectivity index (χ3v) is 2.94. The number of hydrogen-bond donors (Lipinski definition) is 0. The minimum atomic E-state index is -0.280. The van der Waals surface area contributed by atoms with Gasteiger partial charge in [-0.1, -0.05) is 6.07 Å². The molecular formula is C13H9FN4. The number of aromatic nitrogens is 2. The van der Waals surface area contributed by atoms with Gasteiger partial charge in [0.25, 0.3) is 0 Å². The Balaban J connectivity index is 2.06. The minimum Gasteiger partial charge on any atom is -0.310 e. The van der Waals surface area contributed by atoms with Gasteiger partial charge in [-0.15, -0.1) is 0 Å². The fraction of sp³-hybridized carbons (Fsp3) is 0.154. The number of halogens is 1. The van der Waals surface area contributed by atoms with Crippen LogP contribution in [0, 0.1) is 17.1 Å². The van der Waals surface area contributed by atoms with Crippen molar-refractivity contribution in [2.45, 2.75) is 6.42 Å². The Morgan fingerprint density at radius 2 is 2.22 bits per heavy atom. The van der Waals surface area contributed by atoms with Crippen LogP contribution in [-0.4, -0.2) is 16.5 Å². The van der Waals surface area contributed by atoms with Crippen LogP contribution in [0.15, 0.2) is 30.5 Å². The van der Waals surface area contributed by atoms with Crippen molar-refractivity contribution in [3.05, 3.63) is 47.5 Å². The number of nitrogens with zero attached hydrogens (tertiary/aromatic N) is 4. The van der Waals surface area contributed by atoms with Gasteiger partial charge in [-0.2, -0.15) is 5.26 Å². The summed E-state index contributed by atoms with van der Waals surface area (Å²) in [6.07, 6.45) is 2.37. The molecule has 1 aromatic heterocycles. The van der Waals surface area contributed by atoms with Gasteiger partial charge in [-0.3, -0.25) is 0 Å². The highest BCUT2D eigenvalue weighted by Gasteiger charge is 2.22. The summed E-state index contributed by atoms with van der Waals surface area (Å²) in [5.41, 5.74) is 2.16. The van der Waals surface area contributed by atoms with E-state index in [-0.39, 0.29) is 5.82 Å². The quantitative estimate of drug-likeness (QED) is 0.766. The third-order valence-electron chi connectivity index (χ3n) is 2.94. The summed E-state index contributed by atoms with van der Waals surface area (Å²) >= 11 is 0. The van der Waals surface area contributed by atoms with Crippen LogP contribution in [0.4, 0.5) is 16.0 Å². The number of anilines is 2. The SMILES string of the molecule is N#Cc1ccnc(N2CCc3ccc(F)cc32)n1. The second-order valence-corrected chi connectivity index (χ2v) is 4.03. The highest BCUT2D eigenvalue weighted by Crippen LogP contribution is 2.32. The van der Waals surface area contributed by atoms with Gasteiger partial charge in [0.05, 0.1) is 5.69 Å². The molecule has 1 aliphatic heterocycles. The summed E-state index contributed by atoms with van der Waals surface area (Å²) in [7, 11) is 0. The number of benzene rings is 1. The van der Waals surface area contributed by atoms with Crippen LogP contribution in [0.3, 0.4) is 0 Å². The first-order valence-corrected chi connectivity index (χ1v) is 5.57. The Labute approximate surface area is 103 Å². The van der Waals surface area contributed by atoms with E-state index >= 15 is 0 Å². The zero-order chi connectivity index (χ0) is 12.5. The Hall–Kier alpha value is -2.48. The molecule has 0 bridgehead atoms. The van der Waals surface area contributed by atoms with Gasteiger partial charge in [0.15, 0.2) is 0 Å². The average Bonchev–Trinajstić information content (AvgIpc) is 2.81. The second-order valence-electron chi connectivity index (χ2n) is 4.03. The molecule has 4 nitrogen and oxygen atoms in total. The van der Waals surface area contributed by atoms with Crippen LogP contribution >= 0.6 is 0 Å². The van der Waals surface area contributed by atoms with E-state index in [4.69, 9.17) is 5.26 Å². The van der Waals surface area contributed by atoms with E-state index in [1.807, 2.05) is 11.0 Å². The van der Waals surface area contributed by atoms with Crippen LogP contribution < -0.4 is 4.90 Å². The average molecular weight is 240 g/mol. The van der Waals surface area contributed by atoms with Gasteiger partial charge in [0.1, 0.15) is 17.6 Å². The van der Waals surface area contributed by atoms with Crippen molar-refractivity contribution in [2.75, 3.05) is 11.4 Å². The van der Waals surface area contributed by atoms with Crippen molar-refractivity contribution in [2.24, 2.45) is 0 Å². The van der Waals surface area contributed by atoms with E-state index in [0.717, 1.165) is 17.7 Å². The lowest BCUT2D eigenvalue weighted by Gasteiger charge is -2.16. The zero-order valence-electron chi connectivity index (χ0n) is 9.47. The molecule has 18 heavy (non-hydrogen) atoms. The lowest BCUT2D eigenvalue weighted by molar-refractivity contribution is 0.628. The van der Waals surface area contributed by atoms with Crippen LogP contribution in [0.25, 0.3) is 0 Å². The Morgan fingerprint density at radius 3 is 3.06 bits per heavy atom. The number of fused-ring (bicyclic) bond motifs is 1. The molecule has 88 valence electrons. The predicted octanol–water partition coefficient (Wildman–Crippen LogP) is 2.18. The molecule has 0 fully saturated rings. The second kappa shape index (κ2) is 4.08. The minimum absolute atomic E-state index is 0.280. The molecule has 0 aliphatic carbocycles. The molecule has 0 spiro atoms. The van der Waals surface area contributed by atoms with Gasteiger partial charge >= 0.3 is 0 Å². The molecule has 0 saturated heterocycles. The first kappa shape index (κ1) is 10.7. The standard InChI is InChI=1S/C13H9FN4/c14-10-2-1-9-4-6-18(12(9)7-10)13-16-5-3-11(8-15)17-13/h1-3,5,7H,4,6H2. The monoisotopic (exact) mass is 240 g/mol. The van der Waals surface area contributed by atoms with Crippen LogP contribution in [0.5, 0.6) is 0 Å². The van der Waals surface area contributed by atoms with E-state index in [0.29, 0.717) is 18.2 Å². The smallest absolute Gasteiger partial charge is 0.231 e. The molecule has 5 heteroatoms. The first-order chi connectivity index (χ1) is 8.78. The van der Waals surface area contributed by atoms with E-state index in [9.17, 15) is 4.39 Å². The fourth-order valence-electron chi connectivity index (χ4n) is 2.10. The Morgan fingerprint density at radius 1 is 1.33 bits per heavy atom. The summed E-state index contributed by atoms with van der Waals surface area (Å²) in [6.45, 7) is 0.702. The maximum Gasteiger partial charge on any atom is 0.231 e. The molecule has 2 heterocycles. The van der Waals surface area contributed by atoms with Gasteiger partial charge < -0.3 is 4.90 Å². The van der Waals surface area contributed by atoms with Crippen molar-refractivity contribution in [3.63, 3.8) is 0 Å². The summed E-state index contributed by atoms with van der Waals surface area (Å²) < 4.78 is 13.3. The fourth-order valence-corrected chi connectivity index (χ4v) is 2.10. The van der Waals surface area contributed by atoms with Crippen LogP contribution in [0.2, 0.25) is 0 Å². The molecule has 0 amide bonds. The Bertz CT molecular complexity index is 648. The maximum atomic E-state index is 13.3.